The lowest BCUT2D eigenvalue weighted by atomic mass is 10.4. The predicted octanol–water partition coefficient (Wildman–Crippen LogP) is 1.01. The Labute approximate surface area is 122 Å². The highest BCUT2D eigenvalue weighted by molar-refractivity contribution is 7.91. The summed E-state index contributed by atoms with van der Waals surface area (Å²) in [6.45, 7) is 4.71. The van der Waals surface area contributed by atoms with Gasteiger partial charge in [-0.05, 0) is 18.6 Å². The third kappa shape index (κ3) is 3.29. The lowest BCUT2D eigenvalue weighted by Crippen LogP contribution is -2.49. The highest BCUT2D eigenvalue weighted by atomic mass is 35.5. The van der Waals surface area contributed by atoms with Gasteiger partial charge in [-0.25, -0.2) is 8.42 Å². The molecule has 1 aliphatic rings. The van der Waals surface area contributed by atoms with Gasteiger partial charge in [0.05, 0.1) is 10.9 Å². The van der Waals surface area contributed by atoms with E-state index in [9.17, 15) is 8.42 Å². The molecule has 19 heavy (non-hydrogen) atoms. The average molecular weight is 325 g/mol. The fraction of sp³-hybridized carbons (Fsp3) is 0.636. The summed E-state index contributed by atoms with van der Waals surface area (Å²) in [5.74, 6) is 0. The van der Waals surface area contributed by atoms with E-state index in [0.29, 0.717) is 41.3 Å². The van der Waals surface area contributed by atoms with Gasteiger partial charge in [-0.2, -0.15) is 4.31 Å². The number of sulfonamides is 1. The Bertz CT molecular complexity index is 517. The van der Waals surface area contributed by atoms with Gasteiger partial charge in [-0.3, -0.25) is 4.90 Å². The number of halogens is 1. The van der Waals surface area contributed by atoms with Crippen molar-refractivity contribution in [2.75, 3.05) is 39.3 Å². The smallest absolute Gasteiger partial charge is 0.252 e. The third-order valence-corrected chi connectivity index (χ3v) is 7.08. The molecule has 8 heteroatoms. The first kappa shape index (κ1) is 15.2. The van der Waals surface area contributed by atoms with Crippen molar-refractivity contribution in [3.63, 3.8) is 0 Å². The predicted molar refractivity (Wildman–Crippen MR) is 76.4 cm³/mol. The number of nitrogens with zero attached hydrogens (tertiary/aromatic N) is 2. The summed E-state index contributed by atoms with van der Waals surface area (Å²) in [4.78, 5) is 2.05. The van der Waals surface area contributed by atoms with Gasteiger partial charge in [0.2, 0.25) is 0 Å². The number of aryl methyl sites for hydroxylation is 1. The Hall–Kier alpha value is -0.180. The van der Waals surface area contributed by atoms with Crippen molar-refractivity contribution in [1.82, 2.24) is 9.21 Å². The summed E-state index contributed by atoms with van der Waals surface area (Å²) in [6, 6.07) is 1.63. The van der Waals surface area contributed by atoms with Crippen LogP contribution in [0.5, 0.6) is 0 Å². The number of aliphatic hydroxyl groups is 1. The standard InChI is InChI=1S/C11H17ClN2O3S2/c1-9-8-10(18-11(9)12)19(16,17)14-4-2-13(3-5-14)6-7-15/h8,15H,2-7H2,1H3. The maximum atomic E-state index is 12.4. The molecule has 0 unspecified atom stereocenters. The lowest BCUT2D eigenvalue weighted by Gasteiger charge is -2.33. The molecule has 0 aliphatic carbocycles. The van der Waals surface area contributed by atoms with Crippen LogP contribution in [-0.2, 0) is 10.0 Å². The van der Waals surface area contributed by atoms with Crippen molar-refractivity contribution < 1.29 is 13.5 Å². The molecule has 1 saturated heterocycles. The van der Waals surface area contributed by atoms with E-state index in [-0.39, 0.29) is 6.61 Å². The first-order valence-electron chi connectivity index (χ1n) is 6.04. The molecule has 5 nitrogen and oxygen atoms in total. The highest BCUT2D eigenvalue weighted by Crippen LogP contribution is 2.32. The second kappa shape index (κ2) is 6.07. The maximum Gasteiger partial charge on any atom is 0.252 e. The minimum atomic E-state index is -3.42. The topological polar surface area (TPSA) is 60.9 Å². The molecule has 1 N–H and O–H groups in total. The SMILES string of the molecule is Cc1cc(S(=O)(=O)N2CCN(CCO)CC2)sc1Cl. The summed E-state index contributed by atoms with van der Waals surface area (Å²) in [5, 5.41) is 8.87. The maximum absolute atomic E-state index is 12.4. The quantitative estimate of drug-likeness (QED) is 0.898. The Kier molecular flexibility index (Phi) is 4.86. The van der Waals surface area contributed by atoms with Gasteiger partial charge >= 0.3 is 0 Å². The van der Waals surface area contributed by atoms with E-state index in [1.54, 1.807) is 13.0 Å². The lowest BCUT2D eigenvalue weighted by molar-refractivity contribution is 0.151. The first-order valence-corrected chi connectivity index (χ1v) is 8.68. The van der Waals surface area contributed by atoms with E-state index < -0.39 is 10.0 Å². The van der Waals surface area contributed by atoms with Gasteiger partial charge in [-0.15, -0.1) is 11.3 Å². The number of aliphatic hydroxyl groups excluding tert-OH is 1. The molecule has 0 radical (unpaired) electrons. The summed E-state index contributed by atoms with van der Waals surface area (Å²) < 4.78 is 27.2. The molecule has 0 bridgehead atoms. The zero-order valence-corrected chi connectivity index (χ0v) is 13.1. The van der Waals surface area contributed by atoms with E-state index in [0.717, 1.165) is 16.9 Å². The van der Waals surface area contributed by atoms with Crippen LogP contribution in [-0.4, -0.2) is 62.1 Å². The van der Waals surface area contributed by atoms with Gasteiger partial charge in [0.25, 0.3) is 10.0 Å². The summed E-state index contributed by atoms with van der Waals surface area (Å²) in [5.41, 5.74) is 0.796. The molecule has 1 aromatic heterocycles. The number of hydrogen-bond donors (Lipinski definition) is 1. The van der Waals surface area contributed by atoms with Gasteiger partial charge in [0.15, 0.2) is 0 Å². The molecule has 2 heterocycles. The molecule has 0 atom stereocenters. The average Bonchev–Trinajstić information content (AvgIpc) is 2.71. The largest absolute Gasteiger partial charge is 0.395 e. The molecular formula is C11H17ClN2O3S2. The molecule has 0 spiro atoms. The molecule has 1 aliphatic heterocycles. The monoisotopic (exact) mass is 324 g/mol. The Balaban J connectivity index is 2.09. The van der Waals surface area contributed by atoms with Crippen molar-refractivity contribution in [3.8, 4) is 0 Å². The molecule has 1 aromatic rings. The van der Waals surface area contributed by atoms with Crippen LogP contribution in [0.15, 0.2) is 10.3 Å². The molecule has 2 rings (SSSR count). The van der Waals surface area contributed by atoms with Gasteiger partial charge in [0, 0.05) is 32.7 Å². The van der Waals surface area contributed by atoms with E-state index in [4.69, 9.17) is 16.7 Å². The van der Waals surface area contributed by atoms with Crippen LogP contribution < -0.4 is 0 Å². The second-order valence-electron chi connectivity index (χ2n) is 4.49. The zero-order valence-electron chi connectivity index (χ0n) is 10.7. The van der Waals surface area contributed by atoms with E-state index in [1.165, 1.54) is 4.31 Å². The number of hydrogen-bond acceptors (Lipinski definition) is 5. The Morgan fingerprint density at radius 2 is 2.00 bits per heavy atom. The Morgan fingerprint density at radius 1 is 1.37 bits per heavy atom. The van der Waals surface area contributed by atoms with Crippen LogP contribution >= 0.6 is 22.9 Å². The van der Waals surface area contributed by atoms with Gasteiger partial charge < -0.3 is 5.11 Å². The molecule has 1 fully saturated rings. The van der Waals surface area contributed by atoms with Crippen molar-refractivity contribution in [1.29, 1.82) is 0 Å². The van der Waals surface area contributed by atoms with Crippen LogP contribution in [0, 0.1) is 6.92 Å². The highest BCUT2D eigenvalue weighted by Gasteiger charge is 2.29. The van der Waals surface area contributed by atoms with Crippen LogP contribution in [0.25, 0.3) is 0 Å². The van der Waals surface area contributed by atoms with Crippen molar-refractivity contribution >= 4 is 33.0 Å². The molecule has 108 valence electrons. The molecule has 0 amide bonds. The first-order chi connectivity index (χ1) is 8.95. The van der Waals surface area contributed by atoms with Crippen molar-refractivity contribution in [2.45, 2.75) is 11.1 Å². The number of piperazine rings is 1. The van der Waals surface area contributed by atoms with Crippen molar-refractivity contribution in [3.05, 3.63) is 16.0 Å². The van der Waals surface area contributed by atoms with Crippen LogP contribution in [0.3, 0.4) is 0 Å². The minimum absolute atomic E-state index is 0.104. The second-order valence-corrected chi connectivity index (χ2v) is 8.31. The third-order valence-electron chi connectivity index (χ3n) is 3.18. The van der Waals surface area contributed by atoms with Crippen LogP contribution in [0.2, 0.25) is 4.34 Å². The van der Waals surface area contributed by atoms with Crippen LogP contribution in [0.1, 0.15) is 5.56 Å². The van der Waals surface area contributed by atoms with Gasteiger partial charge in [0.1, 0.15) is 4.21 Å². The minimum Gasteiger partial charge on any atom is -0.395 e. The van der Waals surface area contributed by atoms with E-state index in [2.05, 4.69) is 4.90 Å². The van der Waals surface area contributed by atoms with E-state index in [1.807, 2.05) is 0 Å². The molecule has 0 aromatic carbocycles. The Morgan fingerprint density at radius 3 is 2.47 bits per heavy atom. The fourth-order valence-electron chi connectivity index (χ4n) is 2.02. The normalized spacial score (nSPS) is 18.9. The molecular weight excluding hydrogens is 308 g/mol. The summed E-state index contributed by atoms with van der Waals surface area (Å²) in [6.07, 6.45) is 0. The number of β-amino-alcohol motifs (C(OH)–C–C–N with tert-alkyl or cyclic N) is 1. The summed E-state index contributed by atoms with van der Waals surface area (Å²) >= 11 is 7.05. The zero-order chi connectivity index (χ0) is 14.0. The van der Waals surface area contributed by atoms with Crippen molar-refractivity contribution in [2.24, 2.45) is 0 Å². The fourth-order valence-corrected chi connectivity index (χ4v) is 5.31. The van der Waals surface area contributed by atoms with Gasteiger partial charge in [-0.1, -0.05) is 11.6 Å². The molecule has 0 saturated carbocycles. The number of thiophene rings is 1. The van der Waals surface area contributed by atoms with Crippen LogP contribution in [0.4, 0.5) is 0 Å². The number of rotatable bonds is 4. The van der Waals surface area contributed by atoms with E-state index >= 15 is 0 Å². The summed E-state index contributed by atoms with van der Waals surface area (Å²) in [7, 11) is -3.42.